The van der Waals surface area contributed by atoms with E-state index in [0.29, 0.717) is 23.1 Å². The van der Waals surface area contributed by atoms with Crippen molar-refractivity contribution in [3.63, 3.8) is 0 Å². The standard InChI is InChI=1S/C12H19N3O2/c1-8-10(12(16)17)11(15(2)14-8)13-9-6-4-3-5-7-9/h9,13H,3-7H2,1-2H3,(H,16,17). The van der Waals surface area contributed by atoms with Crippen molar-refractivity contribution in [3.8, 4) is 0 Å². The van der Waals surface area contributed by atoms with E-state index in [1.807, 2.05) is 0 Å². The predicted molar refractivity (Wildman–Crippen MR) is 65.4 cm³/mol. The van der Waals surface area contributed by atoms with Gasteiger partial charge in [0, 0.05) is 13.1 Å². The molecule has 0 radical (unpaired) electrons. The fraction of sp³-hybridized carbons (Fsp3) is 0.667. The van der Waals surface area contributed by atoms with Gasteiger partial charge in [-0.2, -0.15) is 5.10 Å². The van der Waals surface area contributed by atoms with E-state index in [-0.39, 0.29) is 0 Å². The van der Waals surface area contributed by atoms with Gasteiger partial charge in [0.1, 0.15) is 11.4 Å². The Bertz CT molecular complexity index is 420. The highest BCUT2D eigenvalue weighted by molar-refractivity contribution is 5.94. The molecule has 5 nitrogen and oxygen atoms in total. The zero-order chi connectivity index (χ0) is 12.4. The molecule has 94 valence electrons. The van der Waals surface area contributed by atoms with Crippen LogP contribution in [0.2, 0.25) is 0 Å². The second kappa shape index (κ2) is 4.77. The smallest absolute Gasteiger partial charge is 0.341 e. The minimum absolute atomic E-state index is 0.304. The first-order valence-electron chi connectivity index (χ1n) is 6.13. The molecule has 0 aromatic carbocycles. The van der Waals surface area contributed by atoms with Gasteiger partial charge in [-0.15, -0.1) is 0 Å². The summed E-state index contributed by atoms with van der Waals surface area (Å²) < 4.78 is 1.63. The molecule has 2 rings (SSSR count). The monoisotopic (exact) mass is 237 g/mol. The number of carboxylic acid groups (broad SMARTS) is 1. The highest BCUT2D eigenvalue weighted by atomic mass is 16.4. The summed E-state index contributed by atoms with van der Waals surface area (Å²) in [5.41, 5.74) is 0.872. The summed E-state index contributed by atoms with van der Waals surface area (Å²) in [6, 6.07) is 0.386. The lowest BCUT2D eigenvalue weighted by molar-refractivity contribution is 0.0697. The zero-order valence-corrected chi connectivity index (χ0v) is 10.4. The molecule has 0 saturated heterocycles. The quantitative estimate of drug-likeness (QED) is 0.845. The van der Waals surface area contributed by atoms with Gasteiger partial charge in [0.15, 0.2) is 0 Å². The van der Waals surface area contributed by atoms with Gasteiger partial charge >= 0.3 is 5.97 Å². The first-order chi connectivity index (χ1) is 8.09. The lowest BCUT2D eigenvalue weighted by Crippen LogP contribution is -2.24. The molecule has 17 heavy (non-hydrogen) atoms. The Morgan fingerprint density at radius 2 is 2.06 bits per heavy atom. The second-order valence-electron chi connectivity index (χ2n) is 4.72. The maximum Gasteiger partial charge on any atom is 0.341 e. The maximum absolute atomic E-state index is 11.2. The highest BCUT2D eigenvalue weighted by Gasteiger charge is 2.22. The molecule has 1 fully saturated rings. The Balaban J connectivity index is 2.21. The SMILES string of the molecule is Cc1nn(C)c(NC2CCCCC2)c1C(=O)O. The third-order valence-corrected chi connectivity index (χ3v) is 3.38. The van der Waals surface area contributed by atoms with Crippen molar-refractivity contribution in [2.45, 2.75) is 45.1 Å². The van der Waals surface area contributed by atoms with E-state index in [4.69, 9.17) is 0 Å². The van der Waals surface area contributed by atoms with Crippen LogP contribution in [0, 0.1) is 6.92 Å². The number of carbonyl (C=O) groups is 1. The predicted octanol–water partition coefficient (Wildman–Crippen LogP) is 2.17. The Hall–Kier alpha value is -1.52. The molecule has 5 heteroatoms. The summed E-state index contributed by atoms with van der Waals surface area (Å²) >= 11 is 0. The number of aryl methyl sites for hydroxylation is 2. The van der Waals surface area contributed by atoms with Gasteiger partial charge in [0.05, 0.1) is 5.69 Å². The molecule has 2 N–H and O–H groups in total. The number of hydrogen-bond donors (Lipinski definition) is 2. The molecule has 1 aromatic heterocycles. The number of nitrogens with zero attached hydrogens (tertiary/aromatic N) is 2. The number of rotatable bonds is 3. The van der Waals surface area contributed by atoms with E-state index >= 15 is 0 Å². The van der Waals surface area contributed by atoms with E-state index in [2.05, 4.69) is 10.4 Å². The second-order valence-corrected chi connectivity index (χ2v) is 4.72. The van der Waals surface area contributed by atoms with Crippen LogP contribution in [-0.4, -0.2) is 26.9 Å². The lowest BCUT2D eigenvalue weighted by atomic mass is 9.95. The summed E-state index contributed by atoms with van der Waals surface area (Å²) in [5.74, 6) is -0.268. The van der Waals surface area contributed by atoms with Gasteiger partial charge < -0.3 is 10.4 Å². The molecular weight excluding hydrogens is 218 g/mol. The number of carboxylic acids is 1. The summed E-state index contributed by atoms with van der Waals surface area (Å²) in [6.45, 7) is 1.73. The van der Waals surface area contributed by atoms with Gasteiger partial charge in [-0.1, -0.05) is 19.3 Å². The molecule has 1 aliphatic rings. The van der Waals surface area contributed by atoms with Crippen LogP contribution in [0.15, 0.2) is 0 Å². The zero-order valence-electron chi connectivity index (χ0n) is 10.4. The average molecular weight is 237 g/mol. The minimum Gasteiger partial charge on any atom is -0.477 e. The van der Waals surface area contributed by atoms with Crippen LogP contribution in [-0.2, 0) is 7.05 Å². The van der Waals surface area contributed by atoms with Crippen molar-refractivity contribution in [3.05, 3.63) is 11.3 Å². The third-order valence-electron chi connectivity index (χ3n) is 3.38. The van der Waals surface area contributed by atoms with Gasteiger partial charge in [0.25, 0.3) is 0 Å². The Morgan fingerprint density at radius 3 is 2.65 bits per heavy atom. The molecule has 0 bridgehead atoms. The molecule has 1 heterocycles. The van der Waals surface area contributed by atoms with Crippen LogP contribution in [0.3, 0.4) is 0 Å². The highest BCUT2D eigenvalue weighted by Crippen LogP contribution is 2.25. The molecule has 1 aliphatic carbocycles. The van der Waals surface area contributed by atoms with Gasteiger partial charge in [-0.25, -0.2) is 4.79 Å². The van der Waals surface area contributed by atoms with Crippen LogP contribution in [0.5, 0.6) is 0 Å². The molecule has 0 unspecified atom stereocenters. The number of hydrogen-bond acceptors (Lipinski definition) is 3. The number of anilines is 1. The van der Waals surface area contributed by atoms with E-state index in [0.717, 1.165) is 12.8 Å². The molecular formula is C12H19N3O2. The van der Waals surface area contributed by atoms with Crippen LogP contribution < -0.4 is 5.32 Å². The third kappa shape index (κ3) is 2.43. The Kier molecular flexibility index (Phi) is 3.36. The van der Waals surface area contributed by atoms with Crippen molar-refractivity contribution in [1.29, 1.82) is 0 Å². The van der Waals surface area contributed by atoms with Crippen LogP contribution in [0.1, 0.15) is 48.2 Å². The first kappa shape index (κ1) is 12.0. The summed E-state index contributed by atoms with van der Waals surface area (Å²) in [5, 5.41) is 16.7. The summed E-state index contributed by atoms with van der Waals surface area (Å²) in [7, 11) is 1.78. The van der Waals surface area contributed by atoms with E-state index in [9.17, 15) is 9.90 Å². The van der Waals surface area contributed by atoms with E-state index in [1.54, 1.807) is 18.7 Å². The summed E-state index contributed by atoms with van der Waals surface area (Å²) in [6.07, 6.45) is 5.95. The first-order valence-corrected chi connectivity index (χ1v) is 6.13. The van der Waals surface area contributed by atoms with Crippen LogP contribution in [0.4, 0.5) is 5.82 Å². The topological polar surface area (TPSA) is 67.2 Å². The van der Waals surface area contributed by atoms with Crippen molar-refractivity contribution in [1.82, 2.24) is 9.78 Å². The normalized spacial score (nSPS) is 17.1. The van der Waals surface area contributed by atoms with Crippen molar-refractivity contribution in [2.75, 3.05) is 5.32 Å². The van der Waals surface area contributed by atoms with E-state index in [1.165, 1.54) is 19.3 Å². The Morgan fingerprint density at radius 1 is 1.41 bits per heavy atom. The molecule has 0 atom stereocenters. The van der Waals surface area contributed by atoms with Gasteiger partial charge in [-0.3, -0.25) is 4.68 Å². The van der Waals surface area contributed by atoms with Gasteiger partial charge in [-0.05, 0) is 19.8 Å². The number of aromatic nitrogens is 2. The van der Waals surface area contributed by atoms with Crippen molar-refractivity contribution >= 4 is 11.8 Å². The number of aromatic carboxylic acids is 1. The van der Waals surface area contributed by atoms with Crippen LogP contribution >= 0.6 is 0 Å². The lowest BCUT2D eigenvalue weighted by Gasteiger charge is -2.24. The Labute approximate surface area is 101 Å². The fourth-order valence-electron chi connectivity index (χ4n) is 2.52. The minimum atomic E-state index is -0.908. The number of nitrogens with one attached hydrogen (secondary N) is 1. The summed E-state index contributed by atoms with van der Waals surface area (Å²) in [4.78, 5) is 11.2. The fourth-order valence-corrected chi connectivity index (χ4v) is 2.52. The largest absolute Gasteiger partial charge is 0.477 e. The van der Waals surface area contributed by atoms with Crippen molar-refractivity contribution in [2.24, 2.45) is 7.05 Å². The van der Waals surface area contributed by atoms with Gasteiger partial charge in [0.2, 0.25) is 0 Å². The average Bonchev–Trinajstić information content (AvgIpc) is 2.55. The van der Waals surface area contributed by atoms with Crippen LogP contribution in [0.25, 0.3) is 0 Å². The van der Waals surface area contributed by atoms with Crippen molar-refractivity contribution < 1.29 is 9.90 Å². The molecule has 1 aromatic rings. The molecule has 0 spiro atoms. The van der Waals surface area contributed by atoms with E-state index < -0.39 is 5.97 Å². The molecule has 1 saturated carbocycles. The molecule has 0 amide bonds. The molecule has 0 aliphatic heterocycles. The maximum atomic E-state index is 11.2.